The Hall–Kier alpha value is -3.08. The van der Waals surface area contributed by atoms with Crippen LogP contribution < -0.4 is 0 Å². The van der Waals surface area contributed by atoms with Gasteiger partial charge < -0.3 is 5.11 Å². The molecule has 1 N–H and O–H groups in total. The molecule has 3 aromatic rings. The van der Waals surface area contributed by atoms with Crippen molar-refractivity contribution in [3.63, 3.8) is 0 Å². The van der Waals surface area contributed by atoms with Gasteiger partial charge in [0.15, 0.2) is 0 Å². The Morgan fingerprint density at radius 2 is 1.91 bits per heavy atom. The quantitative estimate of drug-likeness (QED) is 0.731. The highest BCUT2D eigenvalue weighted by Gasteiger charge is 2.01. The summed E-state index contributed by atoms with van der Waals surface area (Å²) in [6.45, 7) is 0.464. The highest BCUT2D eigenvalue weighted by molar-refractivity contribution is 5.87. The first-order valence-electron chi connectivity index (χ1n) is 6.77. The lowest BCUT2D eigenvalue weighted by molar-refractivity contribution is 0.0697. The van der Waals surface area contributed by atoms with E-state index in [2.05, 4.69) is 15.2 Å². The summed E-state index contributed by atoms with van der Waals surface area (Å²) in [5, 5.41) is 18.1. The maximum absolute atomic E-state index is 10.8. The predicted molar refractivity (Wildman–Crippen MR) is 83.4 cm³/mol. The number of fused-ring (bicyclic) bond motifs is 1. The number of carboxylic acid groups (broad SMARTS) is 1. The van der Waals surface area contributed by atoms with Crippen LogP contribution in [0.3, 0.4) is 0 Å². The highest BCUT2D eigenvalue weighted by Crippen LogP contribution is 2.16. The Balaban J connectivity index is 1.71. The fraction of sp³-hybridized carbons (Fsp3) is 0.0588. The van der Waals surface area contributed by atoms with Gasteiger partial charge >= 0.3 is 5.97 Å². The summed E-state index contributed by atoms with van der Waals surface area (Å²) in [6, 6.07) is 16.2. The maximum Gasteiger partial charge on any atom is 0.335 e. The van der Waals surface area contributed by atoms with E-state index in [9.17, 15) is 4.79 Å². The van der Waals surface area contributed by atoms with E-state index in [-0.39, 0.29) is 5.56 Å². The topological polar surface area (TPSA) is 74.9 Å². The van der Waals surface area contributed by atoms with Gasteiger partial charge in [-0.05, 0) is 48.0 Å². The lowest BCUT2D eigenvalue weighted by atomic mass is 10.1. The summed E-state index contributed by atoms with van der Waals surface area (Å²) in [6.07, 6.45) is 1.77. The van der Waals surface area contributed by atoms with Gasteiger partial charge in [0.25, 0.3) is 0 Å². The number of rotatable bonds is 4. The van der Waals surface area contributed by atoms with Crippen LogP contribution in [0.15, 0.2) is 71.0 Å². The third-order valence-electron chi connectivity index (χ3n) is 3.22. The van der Waals surface area contributed by atoms with Crippen molar-refractivity contribution in [2.75, 3.05) is 0 Å². The average molecular weight is 291 g/mol. The van der Waals surface area contributed by atoms with Gasteiger partial charge in [0.05, 0.1) is 23.3 Å². The van der Waals surface area contributed by atoms with Crippen molar-refractivity contribution in [2.24, 2.45) is 10.2 Å². The molecule has 108 valence electrons. The minimum Gasteiger partial charge on any atom is -0.478 e. The minimum absolute atomic E-state index is 0.237. The lowest BCUT2D eigenvalue weighted by Gasteiger charge is -2.00. The molecule has 0 aliphatic rings. The molecule has 3 rings (SSSR count). The predicted octanol–water partition coefficient (Wildman–Crippen LogP) is 4.22. The Kier molecular flexibility index (Phi) is 3.87. The summed E-state index contributed by atoms with van der Waals surface area (Å²) in [5.41, 5.74) is 2.87. The van der Waals surface area contributed by atoms with Crippen molar-refractivity contribution < 1.29 is 9.90 Å². The molecule has 0 aliphatic carbocycles. The van der Waals surface area contributed by atoms with Gasteiger partial charge in [0.1, 0.15) is 0 Å². The van der Waals surface area contributed by atoms with Gasteiger partial charge in [-0.3, -0.25) is 4.98 Å². The molecule has 0 aliphatic heterocycles. The van der Waals surface area contributed by atoms with Crippen molar-refractivity contribution in [1.29, 1.82) is 0 Å². The number of hydrogen-bond acceptors (Lipinski definition) is 4. The SMILES string of the molecule is O=C(O)c1ccc(N=NCc2ccc3ncccc3c2)cc1. The van der Waals surface area contributed by atoms with Gasteiger partial charge in [-0.2, -0.15) is 10.2 Å². The second kappa shape index (κ2) is 6.13. The second-order valence-corrected chi connectivity index (χ2v) is 4.78. The molecule has 1 heterocycles. The molecule has 2 aromatic carbocycles. The van der Waals surface area contributed by atoms with Crippen LogP contribution >= 0.6 is 0 Å². The number of benzene rings is 2. The molecule has 0 atom stereocenters. The number of pyridine rings is 1. The van der Waals surface area contributed by atoms with Crippen LogP contribution in [0.4, 0.5) is 5.69 Å². The number of nitrogens with zero attached hydrogens (tertiary/aromatic N) is 3. The monoisotopic (exact) mass is 291 g/mol. The van der Waals surface area contributed by atoms with Crippen molar-refractivity contribution in [1.82, 2.24) is 4.98 Å². The smallest absolute Gasteiger partial charge is 0.335 e. The highest BCUT2D eigenvalue weighted by atomic mass is 16.4. The van der Waals surface area contributed by atoms with Crippen LogP contribution in [0.25, 0.3) is 10.9 Å². The number of carbonyl (C=O) groups is 1. The molecule has 5 heteroatoms. The standard InChI is InChI=1S/C17H13N3O2/c21-17(22)13-4-6-15(7-5-13)20-19-11-12-3-8-16-14(10-12)2-1-9-18-16/h1-10H,11H2,(H,21,22). The zero-order valence-electron chi connectivity index (χ0n) is 11.7. The van der Waals surface area contributed by atoms with Crippen LogP contribution in [-0.2, 0) is 6.54 Å². The first-order valence-corrected chi connectivity index (χ1v) is 6.77. The largest absolute Gasteiger partial charge is 0.478 e. The molecule has 5 nitrogen and oxygen atoms in total. The number of aromatic nitrogens is 1. The third kappa shape index (κ3) is 3.15. The Bertz CT molecular complexity index is 842. The summed E-state index contributed by atoms with van der Waals surface area (Å²) >= 11 is 0. The molecule has 1 aromatic heterocycles. The average Bonchev–Trinajstić information content (AvgIpc) is 2.55. The molecule has 0 saturated heterocycles. The number of azo groups is 1. The van der Waals surface area contributed by atoms with E-state index in [4.69, 9.17) is 5.11 Å². The lowest BCUT2D eigenvalue weighted by Crippen LogP contribution is -1.93. The van der Waals surface area contributed by atoms with E-state index in [0.717, 1.165) is 16.5 Å². The van der Waals surface area contributed by atoms with Crippen molar-refractivity contribution in [2.45, 2.75) is 6.54 Å². The van der Waals surface area contributed by atoms with E-state index in [1.54, 1.807) is 18.3 Å². The van der Waals surface area contributed by atoms with Crippen molar-refractivity contribution in [3.8, 4) is 0 Å². The van der Waals surface area contributed by atoms with Crippen LogP contribution in [0.1, 0.15) is 15.9 Å². The maximum atomic E-state index is 10.8. The summed E-state index contributed by atoms with van der Waals surface area (Å²) < 4.78 is 0. The van der Waals surface area contributed by atoms with E-state index in [1.165, 1.54) is 12.1 Å². The van der Waals surface area contributed by atoms with Gasteiger partial charge in [-0.25, -0.2) is 4.79 Å². The molecule has 0 spiro atoms. The first kappa shape index (κ1) is 13.9. The van der Waals surface area contributed by atoms with Gasteiger partial charge in [-0.15, -0.1) is 0 Å². The molecular weight excluding hydrogens is 278 g/mol. The summed E-state index contributed by atoms with van der Waals surface area (Å²) in [4.78, 5) is 15.0. The molecule has 0 unspecified atom stereocenters. The minimum atomic E-state index is -0.951. The zero-order valence-corrected chi connectivity index (χ0v) is 11.7. The third-order valence-corrected chi connectivity index (χ3v) is 3.22. The van der Waals surface area contributed by atoms with Crippen molar-refractivity contribution >= 4 is 22.6 Å². The molecule has 0 radical (unpaired) electrons. The van der Waals surface area contributed by atoms with Crippen LogP contribution in [-0.4, -0.2) is 16.1 Å². The van der Waals surface area contributed by atoms with Gasteiger partial charge in [-0.1, -0.05) is 12.1 Å². The van der Waals surface area contributed by atoms with Gasteiger partial charge in [0.2, 0.25) is 0 Å². The Morgan fingerprint density at radius 3 is 2.68 bits per heavy atom. The molecular formula is C17H13N3O2. The van der Waals surface area contributed by atoms with E-state index >= 15 is 0 Å². The summed E-state index contributed by atoms with van der Waals surface area (Å²) in [5.74, 6) is -0.951. The molecule has 0 saturated carbocycles. The zero-order chi connectivity index (χ0) is 15.4. The Morgan fingerprint density at radius 1 is 1.09 bits per heavy atom. The summed E-state index contributed by atoms with van der Waals surface area (Å²) in [7, 11) is 0. The van der Waals surface area contributed by atoms with Crippen LogP contribution in [0, 0.1) is 0 Å². The molecule has 22 heavy (non-hydrogen) atoms. The van der Waals surface area contributed by atoms with E-state index < -0.39 is 5.97 Å². The number of aromatic carboxylic acids is 1. The molecule has 0 amide bonds. The van der Waals surface area contributed by atoms with Crippen molar-refractivity contribution in [3.05, 3.63) is 71.9 Å². The van der Waals surface area contributed by atoms with Crippen LogP contribution in [0.5, 0.6) is 0 Å². The normalized spacial score (nSPS) is 11.1. The fourth-order valence-electron chi connectivity index (χ4n) is 2.09. The molecule has 0 fully saturated rings. The first-order chi connectivity index (χ1) is 10.7. The number of carboxylic acids is 1. The van der Waals surface area contributed by atoms with Crippen LogP contribution in [0.2, 0.25) is 0 Å². The van der Waals surface area contributed by atoms with E-state index in [1.807, 2.05) is 30.3 Å². The second-order valence-electron chi connectivity index (χ2n) is 4.78. The molecule has 0 bridgehead atoms. The number of hydrogen-bond donors (Lipinski definition) is 1. The van der Waals surface area contributed by atoms with E-state index in [0.29, 0.717) is 12.2 Å². The van der Waals surface area contributed by atoms with Gasteiger partial charge in [0, 0.05) is 11.6 Å². The fourth-order valence-corrected chi connectivity index (χ4v) is 2.09. The Labute approximate surface area is 127 Å².